The minimum atomic E-state index is -0.936. The molecule has 154 valence electrons. The average Bonchev–Trinajstić information content (AvgIpc) is 3.21. The van der Waals surface area contributed by atoms with E-state index in [1.165, 1.54) is 11.1 Å². The quantitative estimate of drug-likeness (QED) is 0.518. The number of benzene rings is 2. The second-order valence-corrected chi connectivity index (χ2v) is 8.07. The highest BCUT2D eigenvalue weighted by molar-refractivity contribution is 5.58. The molecule has 29 heavy (non-hydrogen) atoms. The van der Waals surface area contributed by atoms with Gasteiger partial charge in [0.1, 0.15) is 5.69 Å². The molecule has 4 N–H and O–H groups in total. The second-order valence-electron chi connectivity index (χ2n) is 8.07. The maximum absolute atomic E-state index is 9.30. The van der Waals surface area contributed by atoms with Crippen LogP contribution in [-0.4, -0.2) is 44.0 Å². The molecule has 0 aliphatic heterocycles. The zero-order valence-corrected chi connectivity index (χ0v) is 17.1. The van der Waals surface area contributed by atoms with Crippen molar-refractivity contribution in [2.45, 2.75) is 44.7 Å². The summed E-state index contributed by atoms with van der Waals surface area (Å²) in [6, 6.07) is 16.7. The highest BCUT2D eigenvalue weighted by Crippen LogP contribution is 2.20. The molecule has 1 heterocycles. The summed E-state index contributed by atoms with van der Waals surface area (Å²) in [5, 5.41) is 27.1. The van der Waals surface area contributed by atoms with Gasteiger partial charge >= 0.3 is 0 Å². The molecule has 0 fully saturated rings. The zero-order valence-electron chi connectivity index (χ0n) is 17.1. The lowest BCUT2D eigenvalue weighted by Gasteiger charge is -2.24. The molecule has 3 rings (SSSR count). The Morgan fingerprint density at radius 2 is 1.59 bits per heavy atom. The van der Waals surface area contributed by atoms with Crippen LogP contribution in [0.15, 0.2) is 54.7 Å². The third kappa shape index (κ3) is 5.50. The van der Waals surface area contributed by atoms with Crippen LogP contribution in [0, 0.1) is 0 Å². The number of hydrogen-bond donors (Lipinski definition) is 3. The number of aryl methyl sites for hydroxylation is 1. The van der Waals surface area contributed by atoms with Crippen molar-refractivity contribution in [2.75, 3.05) is 13.2 Å². The monoisotopic (exact) mass is 394 g/mol. The summed E-state index contributed by atoms with van der Waals surface area (Å²) in [5.41, 5.74) is 10.4. The number of aliphatic hydroxyl groups excluding tert-OH is 2. The van der Waals surface area contributed by atoms with Crippen LogP contribution in [0.5, 0.6) is 0 Å². The van der Waals surface area contributed by atoms with Gasteiger partial charge in [0.05, 0.1) is 31.5 Å². The second kappa shape index (κ2) is 9.31. The van der Waals surface area contributed by atoms with Crippen molar-refractivity contribution in [3.8, 4) is 11.3 Å². The molecule has 0 saturated heterocycles. The Labute approximate surface area is 172 Å². The number of hydrogen-bond acceptors (Lipinski definition) is 5. The minimum Gasteiger partial charge on any atom is -0.394 e. The van der Waals surface area contributed by atoms with Crippen LogP contribution >= 0.6 is 0 Å². The van der Waals surface area contributed by atoms with Crippen molar-refractivity contribution in [2.24, 2.45) is 5.73 Å². The molecule has 0 atom stereocenters. The van der Waals surface area contributed by atoms with Gasteiger partial charge in [0, 0.05) is 5.56 Å². The van der Waals surface area contributed by atoms with Crippen molar-refractivity contribution in [1.82, 2.24) is 15.0 Å². The van der Waals surface area contributed by atoms with Crippen LogP contribution in [0.2, 0.25) is 0 Å². The summed E-state index contributed by atoms with van der Waals surface area (Å²) in [5.74, 6) is 0.526. The number of rotatable bonds is 9. The molecular weight excluding hydrogens is 364 g/mol. The predicted octanol–water partition coefficient (Wildman–Crippen LogP) is 2.73. The molecule has 2 aromatic carbocycles. The lowest BCUT2D eigenvalue weighted by molar-refractivity contribution is 0.115. The van der Waals surface area contributed by atoms with Gasteiger partial charge in [0.25, 0.3) is 0 Å². The average molecular weight is 395 g/mol. The van der Waals surface area contributed by atoms with Gasteiger partial charge in [-0.2, -0.15) is 0 Å². The first-order valence-electron chi connectivity index (χ1n) is 10.0. The topological polar surface area (TPSA) is 97.2 Å². The zero-order chi connectivity index (χ0) is 20.9. The number of nitrogens with zero attached hydrogens (tertiary/aromatic N) is 3. The van der Waals surface area contributed by atoms with E-state index in [9.17, 15) is 10.2 Å². The number of aromatic nitrogens is 3. The fourth-order valence-electron chi connectivity index (χ4n) is 3.15. The number of aliphatic hydroxyl groups is 2. The van der Waals surface area contributed by atoms with Gasteiger partial charge in [0.2, 0.25) is 0 Å². The molecule has 0 aliphatic rings. The standard InChI is InChI=1S/C23H30N4O2/c1-17(2)20-7-5-19(6-8-20)13-27-14-22(25-26-27)21-9-3-18(4-10-21)11-12-23(24,15-28)16-29/h3-10,14,17,28-29H,11-13,15-16,24H2,1-2H3. The molecule has 6 nitrogen and oxygen atoms in total. The third-order valence-corrected chi connectivity index (χ3v) is 5.32. The highest BCUT2D eigenvalue weighted by atomic mass is 16.3. The lowest BCUT2D eigenvalue weighted by atomic mass is 9.93. The van der Waals surface area contributed by atoms with Gasteiger partial charge < -0.3 is 15.9 Å². The molecular formula is C23H30N4O2. The lowest BCUT2D eigenvalue weighted by Crippen LogP contribution is -2.47. The Bertz CT molecular complexity index is 897. The van der Waals surface area contributed by atoms with Crippen molar-refractivity contribution in [3.05, 3.63) is 71.4 Å². The molecule has 6 heteroatoms. The first-order valence-corrected chi connectivity index (χ1v) is 10.0. The van der Waals surface area contributed by atoms with Gasteiger partial charge in [0.15, 0.2) is 0 Å². The van der Waals surface area contributed by atoms with Gasteiger partial charge in [-0.3, -0.25) is 0 Å². The maximum Gasteiger partial charge on any atom is 0.113 e. The van der Waals surface area contributed by atoms with Crippen LogP contribution in [0.25, 0.3) is 11.3 Å². The van der Waals surface area contributed by atoms with Crippen molar-refractivity contribution < 1.29 is 10.2 Å². The van der Waals surface area contributed by atoms with Crippen LogP contribution < -0.4 is 5.73 Å². The van der Waals surface area contributed by atoms with Crippen molar-refractivity contribution in [1.29, 1.82) is 0 Å². The van der Waals surface area contributed by atoms with Gasteiger partial charge in [-0.1, -0.05) is 67.6 Å². The van der Waals surface area contributed by atoms with E-state index < -0.39 is 5.54 Å². The van der Waals surface area contributed by atoms with E-state index in [4.69, 9.17) is 5.73 Å². The first-order chi connectivity index (χ1) is 13.9. The normalized spacial score (nSPS) is 11.9. The predicted molar refractivity (Wildman–Crippen MR) is 115 cm³/mol. The van der Waals surface area contributed by atoms with Gasteiger partial charge in [-0.15, -0.1) is 5.10 Å². The summed E-state index contributed by atoms with van der Waals surface area (Å²) in [7, 11) is 0. The summed E-state index contributed by atoms with van der Waals surface area (Å²) in [6.07, 6.45) is 3.16. The Hall–Kier alpha value is -2.54. The van der Waals surface area contributed by atoms with E-state index >= 15 is 0 Å². The number of nitrogens with two attached hydrogens (primary N) is 1. The van der Waals surface area contributed by atoms with Crippen LogP contribution in [-0.2, 0) is 13.0 Å². The van der Waals surface area contributed by atoms with E-state index in [0.29, 0.717) is 25.3 Å². The third-order valence-electron chi connectivity index (χ3n) is 5.32. The summed E-state index contributed by atoms with van der Waals surface area (Å²) in [4.78, 5) is 0. The molecule has 0 spiro atoms. The van der Waals surface area contributed by atoms with Gasteiger partial charge in [-0.25, -0.2) is 4.68 Å². The fraction of sp³-hybridized carbons (Fsp3) is 0.391. The van der Waals surface area contributed by atoms with Crippen molar-refractivity contribution >= 4 is 0 Å². The van der Waals surface area contributed by atoms with Crippen LogP contribution in [0.3, 0.4) is 0 Å². The molecule has 0 saturated carbocycles. The molecule has 3 aromatic rings. The summed E-state index contributed by atoms with van der Waals surface area (Å²) in [6.45, 7) is 4.60. The Morgan fingerprint density at radius 3 is 2.17 bits per heavy atom. The van der Waals surface area contributed by atoms with Crippen LogP contribution in [0.4, 0.5) is 0 Å². The van der Waals surface area contributed by atoms with Crippen LogP contribution in [0.1, 0.15) is 42.9 Å². The van der Waals surface area contributed by atoms with E-state index in [-0.39, 0.29) is 13.2 Å². The Morgan fingerprint density at radius 1 is 0.966 bits per heavy atom. The molecule has 0 aliphatic carbocycles. The Balaban J connectivity index is 1.62. The molecule has 0 bridgehead atoms. The summed E-state index contributed by atoms with van der Waals surface area (Å²) < 4.78 is 1.85. The molecule has 0 amide bonds. The van der Waals surface area contributed by atoms with E-state index in [1.807, 2.05) is 35.1 Å². The highest BCUT2D eigenvalue weighted by Gasteiger charge is 2.22. The first kappa shape index (κ1) is 21.2. The van der Waals surface area contributed by atoms with Crippen molar-refractivity contribution in [3.63, 3.8) is 0 Å². The summed E-state index contributed by atoms with van der Waals surface area (Å²) >= 11 is 0. The minimum absolute atomic E-state index is 0.231. The Kier molecular flexibility index (Phi) is 6.79. The smallest absolute Gasteiger partial charge is 0.113 e. The maximum atomic E-state index is 9.30. The largest absolute Gasteiger partial charge is 0.394 e. The SMILES string of the molecule is CC(C)c1ccc(Cn2cc(-c3ccc(CCC(N)(CO)CO)cc3)nn2)cc1. The van der Waals surface area contributed by atoms with Gasteiger partial charge in [-0.05, 0) is 35.4 Å². The van der Waals surface area contributed by atoms with E-state index in [0.717, 1.165) is 16.8 Å². The molecule has 0 radical (unpaired) electrons. The molecule has 0 unspecified atom stereocenters. The van der Waals surface area contributed by atoms with E-state index in [1.54, 1.807) is 0 Å². The molecule has 1 aromatic heterocycles. The fourth-order valence-corrected chi connectivity index (χ4v) is 3.15. The van der Waals surface area contributed by atoms with E-state index in [2.05, 4.69) is 48.4 Å².